The largest absolute Gasteiger partial charge is 0.377 e. The molecule has 0 fully saturated rings. The number of hydrogen-bond donors (Lipinski definition) is 0. The number of benzene rings is 1. The third kappa shape index (κ3) is 3.39. The van der Waals surface area contributed by atoms with Gasteiger partial charge >= 0.3 is 0 Å². The zero-order valence-electron chi connectivity index (χ0n) is 11.3. The van der Waals surface area contributed by atoms with Crippen LogP contribution in [-0.4, -0.2) is 37.1 Å². The molecule has 0 bridgehead atoms. The minimum Gasteiger partial charge on any atom is -0.377 e. The van der Waals surface area contributed by atoms with Crippen molar-refractivity contribution in [3.8, 4) is 0 Å². The Bertz CT molecular complexity index is 509. The van der Waals surface area contributed by atoms with Crippen LogP contribution in [0.2, 0.25) is 0 Å². The number of non-ortho nitro benzene ring substituents is 1. The van der Waals surface area contributed by atoms with Gasteiger partial charge in [-0.2, -0.15) is 0 Å². The molecular weight excluding hydrogens is 244 g/mol. The Morgan fingerprint density at radius 1 is 1.42 bits per heavy atom. The van der Waals surface area contributed by atoms with Gasteiger partial charge in [-0.3, -0.25) is 10.1 Å². The van der Waals surface area contributed by atoms with E-state index in [4.69, 9.17) is 4.74 Å². The minimum atomic E-state index is -0.346. The van der Waals surface area contributed by atoms with E-state index in [9.17, 15) is 10.1 Å². The number of hydrogen-bond acceptors (Lipinski definition) is 4. The van der Waals surface area contributed by atoms with Crippen molar-refractivity contribution in [2.75, 3.05) is 27.3 Å². The lowest BCUT2D eigenvalue weighted by Crippen LogP contribution is -2.13. The highest BCUT2D eigenvalue weighted by molar-refractivity contribution is 5.70. The molecule has 0 atom stereocenters. The van der Waals surface area contributed by atoms with Gasteiger partial charge < -0.3 is 9.64 Å². The zero-order valence-corrected chi connectivity index (χ0v) is 11.3. The second-order valence-corrected chi connectivity index (χ2v) is 4.89. The molecule has 5 heteroatoms. The van der Waals surface area contributed by atoms with Gasteiger partial charge in [-0.15, -0.1) is 0 Å². The fourth-order valence-corrected chi connectivity index (χ4v) is 2.25. The van der Waals surface area contributed by atoms with Gasteiger partial charge in [0.2, 0.25) is 0 Å². The summed E-state index contributed by atoms with van der Waals surface area (Å²) < 4.78 is 5.31. The molecule has 2 rings (SSSR count). The lowest BCUT2D eigenvalue weighted by molar-refractivity contribution is -0.384. The first-order chi connectivity index (χ1) is 9.08. The van der Waals surface area contributed by atoms with Crippen LogP contribution in [-0.2, 0) is 11.3 Å². The molecule has 1 aliphatic rings. The Labute approximate surface area is 112 Å². The predicted molar refractivity (Wildman–Crippen MR) is 73.9 cm³/mol. The molecule has 5 nitrogen and oxygen atoms in total. The summed E-state index contributed by atoms with van der Waals surface area (Å²) in [6.45, 7) is 2.02. The van der Waals surface area contributed by atoms with Gasteiger partial charge in [-0.1, -0.05) is 6.08 Å². The van der Waals surface area contributed by atoms with Crippen LogP contribution < -0.4 is 0 Å². The molecular formula is C14H18N2O3. The number of nitro benzene ring substituents is 1. The molecule has 0 saturated heterocycles. The highest BCUT2D eigenvalue weighted by Crippen LogP contribution is 2.28. The highest BCUT2D eigenvalue weighted by Gasteiger charge is 2.15. The smallest absolute Gasteiger partial charge is 0.269 e. The standard InChI is InChI=1S/C14H18N2O3/c1-15(2)10-12-9-13(16(17)18)3-4-14(12)11-5-7-19-8-6-11/h3-5,9H,6-8,10H2,1-2H3. The number of nitrogens with zero attached hydrogens (tertiary/aromatic N) is 2. The molecule has 1 heterocycles. The van der Waals surface area contributed by atoms with Gasteiger partial charge in [-0.05, 0) is 43.3 Å². The van der Waals surface area contributed by atoms with Crippen molar-refractivity contribution < 1.29 is 9.66 Å². The second kappa shape index (κ2) is 5.95. The molecule has 19 heavy (non-hydrogen) atoms. The zero-order chi connectivity index (χ0) is 13.8. The Morgan fingerprint density at radius 3 is 2.79 bits per heavy atom. The van der Waals surface area contributed by atoms with Gasteiger partial charge in [0.05, 0.1) is 18.1 Å². The van der Waals surface area contributed by atoms with E-state index >= 15 is 0 Å². The average molecular weight is 262 g/mol. The van der Waals surface area contributed by atoms with Gasteiger partial charge in [0.25, 0.3) is 5.69 Å². The maximum Gasteiger partial charge on any atom is 0.269 e. The van der Waals surface area contributed by atoms with Crippen molar-refractivity contribution in [3.05, 3.63) is 45.5 Å². The van der Waals surface area contributed by atoms with E-state index in [1.807, 2.05) is 25.1 Å². The monoisotopic (exact) mass is 262 g/mol. The molecule has 0 amide bonds. The van der Waals surface area contributed by atoms with Crippen molar-refractivity contribution in [2.24, 2.45) is 0 Å². The Morgan fingerprint density at radius 2 is 2.21 bits per heavy atom. The molecule has 0 spiro atoms. The van der Waals surface area contributed by atoms with Crippen molar-refractivity contribution in [3.63, 3.8) is 0 Å². The maximum atomic E-state index is 10.9. The van der Waals surface area contributed by atoms with Gasteiger partial charge in [0, 0.05) is 18.7 Å². The van der Waals surface area contributed by atoms with Crippen LogP contribution in [0.15, 0.2) is 24.3 Å². The molecule has 0 aromatic heterocycles. The van der Waals surface area contributed by atoms with Crippen LogP contribution in [0.25, 0.3) is 5.57 Å². The first kappa shape index (κ1) is 13.7. The molecule has 1 aromatic carbocycles. The second-order valence-electron chi connectivity index (χ2n) is 4.89. The highest BCUT2D eigenvalue weighted by atomic mass is 16.6. The molecule has 102 valence electrons. The first-order valence-electron chi connectivity index (χ1n) is 6.27. The quantitative estimate of drug-likeness (QED) is 0.618. The predicted octanol–water partition coefficient (Wildman–Crippen LogP) is 2.46. The third-order valence-electron chi connectivity index (χ3n) is 3.10. The Kier molecular flexibility index (Phi) is 4.29. The summed E-state index contributed by atoms with van der Waals surface area (Å²) in [5.74, 6) is 0. The molecule has 0 radical (unpaired) electrons. The fraction of sp³-hybridized carbons (Fsp3) is 0.429. The van der Waals surface area contributed by atoms with Crippen molar-refractivity contribution in [2.45, 2.75) is 13.0 Å². The normalized spacial score (nSPS) is 15.4. The lowest BCUT2D eigenvalue weighted by atomic mass is 9.95. The van der Waals surface area contributed by atoms with Crippen LogP contribution in [0.5, 0.6) is 0 Å². The Balaban J connectivity index is 2.40. The summed E-state index contributed by atoms with van der Waals surface area (Å²) in [5.41, 5.74) is 3.46. The SMILES string of the molecule is CN(C)Cc1cc([N+](=O)[O-])ccc1C1=CCOCC1. The number of nitro groups is 1. The topological polar surface area (TPSA) is 55.6 Å². The third-order valence-corrected chi connectivity index (χ3v) is 3.10. The summed E-state index contributed by atoms with van der Waals surface area (Å²) in [4.78, 5) is 12.6. The van der Waals surface area contributed by atoms with Crippen molar-refractivity contribution >= 4 is 11.3 Å². The van der Waals surface area contributed by atoms with Gasteiger partial charge in [-0.25, -0.2) is 0 Å². The van der Waals surface area contributed by atoms with Crippen LogP contribution in [0.3, 0.4) is 0 Å². The molecule has 0 N–H and O–H groups in total. The van der Waals surface area contributed by atoms with E-state index in [0.717, 1.165) is 17.5 Å². The van der Waals surface area contributed by atoms with Crippen LogP contribution >= 0.6 is 0 Å². The maximum absolute atomic E-state index is 10.9. The molecule has 1 aromatic rings. The van der Waals surface area contributed by atoms with E-state index in [0.29, 0.717) is 19.8 Å². The Hall–Kier alpha value is -1.72. The van der Waals surface area contributed by atoms with Crippen LogP contribution in [0.4, 0.5) is 5.69 Å². The van der Waals surface area contributed by atoms with Crippen molar-refractivity contribution in [1.29, 1.82) is 0 Å². The summed E-state index contributed by atoms with van der Waals surface area (Å²) in [5, 5.41) is 10.9. The molecule has 0 saturated carbocycles. The molecule has 0 aliphatic carbocycles. The fourth-order valence-electron chi connectivity index (χ4n) is 2.25. The van der Waals surface area contributed by atoms with Gasteiger partial charge in [0.1, 0.15) is 0 Å². The van der Waals surface area contributed by atoms with E-state index in [1.54, 1.807) is 12.1 Å². The summed E-state index contributed by atoms with van der Waals surface area (Å²) >= 11 is 0. The molecule has 1 aliphatic heterocycles. The summed E-state index contributed by atoms with van der Waals surface area (Å²) in [6.07, 6.45) is 2.92. The van der Waals surface area contributed by atoms with E-state index in [1.165, 1.54) is 5.57 Å². The summed E-state index contributed by atoms with van der Waals surface area (Å²) in [6, 6.07) is 5.10. The average Bonchev–Trinajstić information content (AvgIpc) is 2.39. The number of ether oxygens (including phenoxy) is 1. The molecule has 0 unspecified atom stereocenters. The van der Waals surface area contributed by atoms with E-state index in [-0.39, 0.29) is 10.6 Å². The minimum absolute atomic E-state index is 0.147. The number of rotatable bonds is 4. The summed E-state index contributed by atoms with van der Waals surface area (Å²) in [7, 11) is 3.92. The lowest BCUT2D eigenvalue weighted by Gasteiger charge is -2.19. The van der Waals surface area contributed by atoms with Gasteiger partial charge in [0.15, 0.2) is 0 Å². The van der Waals surface area contributed by atoms with E-state index < -0.39 is 0 Å². The first-order valence-corrected chi connectivity index (χ1v) is 6.27. The van der Waals surface area contributed by atoms with Crippen LogP contribution in [0.1, 0.15) is 17.5 Å². The van der Waals surface area contributed by atoms with Crippen molar-refractivity contribution in [1.82, 2.24) is 4.90 Å². The van der Waals surface area contributed by atoms with E-state index in [2.05, 4.69) is 6.08 Å². The van der Waals surface area contributed by atoms with Crippen LogP contribution in [0, 0.1) is 10.1 Å².